The van der Waals surface area contributed by atoms with Crippen molar-refractivity contribution < 1.29 is 0 Å². The molecule has 0 unspecified atom stereocenters. The van der Waals surface area contributed by atoms with Crippen LogP contribution in [-0.2, 0) is 13.0 Å². The van der Waals surface area contributed by atoms with Crippen molar-refractivity contribution >= 4 is 11.6 Å². The first-order chi connectivity index (χ1) is 6.06. The Morgan fingerprint density at radius 2 is 2.08 bits per heavy atom. The minimum Gasteiger partial charge on any atom is -0.253 e. The summed E-state index contributed by atoms with van der Waals surface area (Å²) in [6.07, 6.45) is 0.955. The Kier molecular flexibility index (Phi) is 3.37. The molecule has 1 aromatic rings. The average Bonchev–Trinajstić information content (AvgIpc) is 2.32. The smallest absolute Gasteiger partial charge is 0.130 e. The number of hydrogen-bond donors (Lipinski definition) is 0. The lowest BCUT2D eigenvalue weighted by molar-refractivity contribution is 0.480. The minimum atomic E-state index is 0.585. The van der Waals surface area contributed by atoms with Crippen molar-refractivity contribution in [2.24, 2.45) is 5.92 Å². The average molecular weight is 201 g/mol. The fourth-order valence-electron chi connectivity index (χ4n) is 1.38. The van der Waals surface area contributed by atoms with Crippen molar-refractivity contribution in [1.82, 2.24) is 9.78 Å². The lowest BCUT2D eigenvalue weighted by atomic mass is 10.2. The Morgan fingerprint density at radius 3 is 2.46 bits per heavy atom. The van der Waals surface area contributed by atoms with Crippen molar-refractivity contribution in [3.05, 3.63) is 16.4 Å². The molecule has 0 atom stereocenters. The summed E-state index contributed by atoms with van der Waals surface area (Å²) >= 11 is 6.14. The van der Waals surface area contributed by atoms with Gasteiger partial charge in [0.1, 0.15) is 5.15 Å². The molecule has 13 heavy (non-hydrogen) atoms. The molecular weight excluding hydrogens is 184 g/mol. The van der Waals surface area contributed by atoms with E-state index in [0.717, 1.165) is 29.4 Å². The minimum absolute atomic E-state index is 0.585. The van der Waals surface area contributed by atoms with Gasteiger partial charge in [0.15, 0.2) is 0 Å². The first-order valence-electron chi connectivity index (χ1n) is 4.78. The van der Waals surface area contributed by atoms with Crippen molar-refractivity contribution in [2.75, 3.05) is 0 Å². The van der Waals surface area contributed by atoms with E-state index in [1.54, 1.807) is 0 Å². The van der Waals surface area contributed by atoms with Gasteiger partial charge in [-0.3, -0.25) is 4.68 Å². The highest BCUT2D eigenvalue weighted by atomic mass is 35.5. The van der Waals surface area contributed by atoms with Crippen LogP contribution in [0.15, 0.2) is 0 Å². The van der Waals surface area contributed by atoms with Gasteiger partial charge in [0.05, 0.1) is 5.69 Å². The van der Waals surface area contributed by atoms with Crippen LogP contribution in [0.5, 0.6) is 0 Å². The second-order valence-electron chi connectivity index (χ2n) is 3.79. The standard InChI is InChI=1S/C10H17ClN2/c1-5-9-8(4)10(11)13(12-9)6-7(2)3/h7H,5-6H2,1-4H3. The molecule has 0 amide bonds. The van der Waals surface area contributed by atoms with Crippen LogP contribution < -0.4 is 0 Å². The molecule has 0 spiro atoms. The van der Waals surface area contributed by atoms with Crippen molar-refractivity contribution in [2.45, 2.75) is 40.7 Å². The molecule has 0 fully saturated rings. The predicted octanol–water partition coefficient (Wildman–Crippen LogP) is 3.06. The highest BCUT2D eigenvalue weighted by Crippen LogP contribution is 2.20. The summed E-state index contributed by atoms with van der Waals surface area (Å²) in [5.41, 5.74) is 2.25. The first-order valence-corrected chi connectivity index (χ1v) is 5.15. The number of halogens is 1. The van der Waals surface area contributed by atoms with E-state index in [4.69, 9.17) is 11.6 Å². The highest BCUT2D eigenvalue weighted by Gasteiger charge is 2.11. The van der Waals surface area contributed by atoms with E-state index in [9.17, 15) is 0 Å². The van der Waals surface area contributed by atoms with Gasteiger partial charge in [-0.15, -0.1) is 0 Å². The Balaban J connectivity index is 2.95. The van der Waals surface area contributed by atoms with Crippen LogP contribution in [0.25, 0.3) is 0 Å². The Morgan fingerprint density at radius 1 is 1.46 bits per heavy atom. The monoisotopic (exact) mass is 200 g/mol. The molecule has 2 nitrogen and oxygen atoms in total. The molecule has 0 saturated heterocycles. The molecule has 3 heteroatoms. The normalized spacial score (nSPS) is 11.2. The Bertz CT molecular complexity index is 289. The fraction of sp³-hybridized carbons (Fsp3) is 0.700. The van der Waals surface area contributed by atoms with E-state index in [-0.39, 0.29) is 0 Å². The molecule has 0 aliphatic rings. The van der Waals surface area contributed by atoms with Gasteiger partial charge in [0, 0.05) is 12.1 Å². The molecule has 0 aliphatic carbocycles. The summed E-state index contributed by atoms with van der Waals surface area (Å²) in [6, 6.07) is 0. The molecule has 1 rings (SSSR count). The summed E-state index contributed by atoms with van der Waals surface area (Å²) in [6.45, 7) is 9.37. The summed E-state index contributed by atoms with van der Waals surface area (Å²) in [4.78, 5) is 0. The quantitative estimate of drug-likeness (QED) is 0.734. The van der Waals surface area contributed by atoms with Gasteiger partial charge in [-0.1, -0.05) is 32.4 Å². The van der Waals surface area contributed by atoms with E-state index < -0.39 is 0 Å². The molecule has 0 radical (unpaired) electrons. The van der Waals surface area contributed by atoms with Gasteiger partial charge in [0.2, 0.25) is 0 Å². The van der Waals surface area contributed by atoms with Crippen LogP contribution in [-0.4, -0.2) is 9.78 Å². The van der Waals surface area contributed by atoms with E-state index in [1.807, 2.05) is 11.6 Å². The van der Waals surface area contributed by atoms with Crippen LogP contribution in [0.3, 0.4) is 0 Å². The van der Waals surface area contributed by atoms with Crippen LogP contribution in [0.1, 0.15) is 32.0 Å². The van der Waals surface area contributed by atoms with Crippen LogP contribution in [0, 0.1) is 12.8 Å². The highest BCUT2D eigenvalue weighted by molar-refractivity contribution is 6.30. The molecule has 0 aromatic carbocycles. The third kappa shape index (κ3) is 2.25. The van der Waals surface area contributed by atoms with E-state index >= 15 is 0 Å². The zero-order valence-electron chi connectivity index (χ0n) is 8.76. The summed E-state index contributed by atoms with van der Waals surface area (Å²) < 4.78 is 1.90. The predicted molar refractivity (Wildman–Crippen MR) is 56.2 cm³/mol. The third-order valence-corrected chi connectivity index (χ3v) is 2.56. The van der Waals surface area contributed by atoms with Gasteiger partial charge < -0.3 is 0 Å². The third-order valence-electron chi connectivity index (χ3n) is 2.08. The number of aromatic nitrogens is 2. The van der Waals surface area contributed by atoms with Gasteiger partial charge in [-0.25, -0.2) is 0 Å². The maximum absolute atomic E-state index is 6.14. The fourth-order valence-corrected chi connectivity index (χ4v) is 1.60. The van der Waals surface area contributed by atoms with Crippen molar-refractivity contribution in [3.8, 4) is 0 Å². The van der Waals surface area contributed by atoms with E-state index in [2.05, 4.69) is 25.9 Å². The van der Waals surface area contributed by atoms with E-state index in [0.29, 0.717) is 5.92 Å². The first kappa shape index (κ1) is 10.6. The maximum atomic E-state index is 6.14. The largest absolute Gasteiger partial charge is 0.253 e. The summed E-state index contributed by atoms with van der Waals surface area (Å²) in [5.74, 6) is 0.585. The van der Waals surface area contributed by atoms with Crippen LogP contribution >= 0.6 is 11.6 Å². The molecule has 1 aromatic heterocycles. The Hall–Kier alpha value is -0.500. The molecular formula is C10H17ClN2. The molecule has 0 aliphatic heterocycles. The zero-order chi connectivity index (χ0) is 10.0. The lowest BCUT2D eigenvalue weighted by Crippen LogP contribution is -2.06. The molecule has 0 N–H and O–H groups in total. The zero-order valence-corrected chi connectivity index (χ0v) is 9.52. The van der Waals surface area contributed by atoms with Gasteiger partial charge in [-0.05, 0) is 19.3 Å². The van der Waals surface area contributed by atoms with Crippen LogP contribution in [0.4, 0.5) is 0 Å². The SMILES string of the molecule is CCc1nn(CC(C)C)c(Cl)c1C. The summed E-state index contributed by atoms with van der Waals surface area (Å²) in [5, 5.41) is 5.25. The van der Waals surface area contributed by atoms with Crippen LogP contribution in [0.2, 0.25) is 5.15 Å². The number of rotatable bonds is 3. The molecule has 0 saturated carbocycles. The van der Waals surface area contributed by atoms with Crippen molar-refractivity contribution in [3.63, 3.8) is 0 Å². The van der Waals surface area contributed by atoms with Gasteiger partial charge >= 0.3 is 0 Å². The molecule has 1 heterocycles. The number of hydrogen-bond acceptors (Lipinski definition) is 1. The topological polar surface area (TPSA) is 17.8 Å². The van der Waals surface area contributed by atoms with Gasteiger partial charge in [0.25, 0.3) is 0 Å². The number of nitrogens with zero attached hydrogens (tertiary/aromatic N) is 2. The summed E-state index contributed by atoms with van der Waals surface area (Å²) in [7, 11) is 0. The van der Waals surface area contributed by atoms with Gasteiger partial charge in [-0.2, -0.15) is 5.10 Å². The second-order valence-corrected chi connectivity index (χ2v) is 4.15. The van der Waals surface area contributed by atoms with E-state index in [1.165, 1.54) is 0 Å². The second kappa shape index (κ2) is 4.14. The Labute approximate surface area is 84.9 Å². The number of aryl methyl sites for hydroxylation is 1. The molecule has 74 valence electrons. The molecule has 0 bridgehead atoms. The maximum Gasteiger partial charge on any atom is 0.130 e. The van der Waals surface area contributed by atoms with Crippen molar-refractivity contribution in [1.29, 1.82) is 0 Å². The lowest BCUT2D eigenvalue weighted by Gasteiger charge is -2.05.